The summed E-state index contributed by atoms with van der Waals surface area (Å²) in [6.45, 7) is 4.73. The van der Waals surface area contributed by atoms with E-state index in [1.165, 1.54) is 24.0 Å². The van der Waals surface area contributed by atoms with Crippen LogP contribution in [0.5, 0.6) is 0 Å². The first kappa shape index (κ1) is 14.9. The van der Waals surface area contributed by atoms with E-state index < -0.39 is 5.60 Å². The largest absolute Gasteiger partial charge is 0.388 e. The quantitative estimate of drug-likeness (QED) is 0.840. The predicted octanol–water partition coefficient (Wildman–Crippen LogP) is 2.94. The Morgan fingerprint density at radius 3 is 2.53 bits per heavy atom. The Balaban J connectivity index is 1.73. The van der Waals surface area contributed by atoms with E-state index in [9.17, 15) is 5.11 Å². The van der Waals surface area contributed by atoms with Gasteiger partial charge in [0.25, 0.3) is 0 Å². The van der Waals surface area contributed by atoms with Crippen LogP contribution in [-0.2, 0) is 0 Å². The SMILES string of the molecule is CSCC(C)(O)CNC1CC(c2ccc(C)cc2)C1. The van der Waals surface area contributed by atoms with Gasteiger partial charge in [0, 0.05) is 18.3 Å². The van der Waals surface area contributed by atoms with Gasteiger partial charge < -0.3 is 10.4 Å². The first-order chi connectivity index (χ1) is 9.00. The zero-order valence-corrected chi connectivity index (χ0v) is 13.0. The van der Waals surface area contributed by atoms with E-state index in [1.54, 1.807) is 11.8 Å². The third-order valence-electron chi connectivity index (χ3n) is 3.91. The van der Waals surface area contributed by atoms with Crippen molar-refractivity contribution in [1.82, 2.24) is 5.32 Å². The number of aryl methyl sites for hydroxylation is 1. The minimum Gasteiger partial charge on any atom is -0.388 e. The maximum absolute atomic E-state index is 10.1. The molecule has 1 saturated carbocycles. The minimum absolute atomic E-state index is 0.569. The van der Waals surface area contributed by atoms with Crippen LogP contribution >= 0.6 is 11.8 Å². The highest BCUT2D eigenvalue weighted by molar-refractivity contribution is 7.98. The fourth-order valence-corrected chi connectivity index (χ4v) is 3.35. The zero-order chi connectivity index (χ0) is 13.9. The average molecular weight is 279 g/mol. The van der Waals surface area contributed by atoms with Crippen molar-refractivity contribution in [2.45, 2.75) is 44.2 Å². The van der Waals surface area contributed by atoms with Crippen molar-refractivity contribution < 1.29 is 5.11 Å². The molecular weight excluding hydrogens is 254 g/mol. The molecular formula is C16H25NOS. The third kappa shape index (κ3) is 4.23. The van der Waals surface area contributed by atoms with Gasteiger partial charge in [0.2, 0.25) is 0 Å². The van der Waals surface area contributed by atoms with Gasteiger partial charge in [0.15, 0.2) is 0 Å². The van der Waals surface area contributed by atoms with Gasteiger partial charge in [-0.2, -0.15) is 11.8 Å². The van der Waals surface area contributed by atoms with Gasteiger partial charge in [-0.25, -0.2) is 0 Å². The number of hydrogen-bond donors (Lipinski definition) is 2. The van der Waals surface area contributed by atoms with Crippen LogP contribution in [0.15, 0.2) is 24.3 Å². The Morgan fingerprint density at radius 1 is 1.32 bits per heavy atom. The molecule has 3 heteroatoms. The lowest BCUT2D eigenvalue weighted by molar-refractivity contribution is 0.0756. The smallest absolute Gasteiger partial charge is 0.0833 e. The molecule has 1 fully saturated rings. The Bertz CT molecular complexity index is 396. The van der Waals surface area contributed by atoms with Crippen LogP contribution < -0.4 is 5.32 Å². The first-order valence-corrected chi connectivity index (χ1v) is 8.41. The molecule has 0 heterocycles. The first-order valence-electron chi connectivity index (χ1n) is 7.01. The average Bonchev–Trinajstić information content (AvgIpc) is 2.29. The second-order valence-corrected chi connectivity index (χ2v) is 6.95. The monoisotopic (exact) mass is 279 g/mol. The van der Waals surface area contributed by atoms with E-state index in [-0.39, 0.29) is 0 Å². The molecule has 0 amide bonds. The van der Waals surface area contributed by atoms with Crippen molar-refractivity contribution in [2.24, 2.45) is 0 Å². The molecule has 0 bridgehead atoms. The van der Waals surface area contributed by atoms with Crippen LogP contribution in [0.4, 0.5) is 0 Å². The highest BCUT2D eigenvalue weighted by Crippen LogP contribution is 2.37. The molecule has 1 aromatic carbocycles. The van der Waals surface area contributed by atoms with Crippen LogP contribution in [0.1, 0.15) is 36.8 Å². The standard InChI is InChI=1S/C16H25NOS/c1-12-4-6-13(7-5-12)14-8-15(9-14)17-10-16(2,18)11-19-3/h4-7,14-15,17-18H,8-11H2,1-3H3. The van der Waals surface area contributed by atoms with Gasteiger partial charge in [-0.1, -0.05) is 29.8 Å². The van der Waals surface area contributed by atoms with Crippen molar-refractivity contribution in [2.75, 3.05) is 18.6 Å². The van der Waals surface area contributed by atoms with E-state index >= 15 is 0 Å². The van der Waals surface area contributed by atoms with Gasteiger partial charge in [0.05, 0.1) is 5.60 Å². The van der Waals surface area contributed by atoms with E-state index in [4.69, 9.17) is 0 Å². The van der Waals surface area contributed by atoms with Crippen LogP contribution in [0.3, 0.4) is 0 Å². The number of hydrogen-bond acceptors (Lipinski definition) is 3. The number of thioether (sulfide) groups is 1. The molecule has 0 radical (unpaired) electrons. The second kappa shape index (κ2) is 6.29. The molecule has 0 saturated heterocycles. The van der Waals surface area contributed by atoms with E-state index in [0.717, 1.165) is 5.75 Å². The number of nitrogens with one attached hydrogen (secondary N) is 1. The number of benzene rings is 1. The molecule has 1 aliphatic carbocycles. The molecule has 2 rings (SSSR count). The van der Waals surface area contributed by atoms with E-state index in [1.807, 2.05) is 13.2 Å². The van der Waals surface area contributed by atoms with Gasteiger partial charge in [-0.15, -0.1) is 0 Å². The van der Waals surface area contributed by atoms with Crippen LogP contribution in [0.25, 0.3) is 0 Å². The molecule has 2 nitrogen and oxygen atoms in total. The van der Waals surface area contributed by atoms with E-state index in [2.05, 4.69) is 36.5 Å². The predicted molar refractivity (Wildman–Crippen MR) is 84.0 cm³/mol. The molecule has 19 heavy (non-hydrogen) atoms. The minimum atomic E-state index is -0.589. The summed E-state index contributed by atoms with van der Waals surface area (Å²) in [5, 5.41) is 13.6. The van der Waals surface area contributed by atoms with Gasteiger partial charge >= 0.3 is 0 Å². The summed E-state index contributed by atoms with van der Waals surface area (Å²) in [6.07, 6.45) is 4.42. The van der Waals surface area contributed by atoms with Crippen molar-refractivity contribution >= 4 is 11.8 Å². The Hall–Kier alpha value is -0.510. The highest BCUT2D eigenvalue weighted by Gasteiger charge is 2.31. The topological polar surface area (TPSA) is 32.3 Å². The summed E-state index contributed by atoms with van der Waals surface area (Å²) in [6, 6.07) is 9.46. The summed E-state index contributed by atoms with van der Waals surface area (Å²) in [7, 11) is 0. The second-order valence-electron chi connectivity index (χ2n) is 6.09. The summed E-state index contributed by atoms with van der Waals surface area (Å²) in [4.78, 5) is 0. The molecule has 0 aliphatic heterocycles. The maximum Gasteiger partial charge on any atom is 0.0833 e. The van der Waals surface area contributed by atoms with Gasteiger partial charge in [0.1, 0.15) is 0 Å². The summed E-state index contributed by atoms with van der Waals surface area (Å²) in [5.74, 6) is 1.48. The van der Waals surface area contributed by atoms with Gasteiger partial charge in [-0.05, 0) is 44.4 Å². The number of rotatable bonds is 6. The molecule has 2 N–H and O–H groups in total. The van der Waals surface area contributed by atoms with Crippen molar-refractivity contribution in [3.8, 4) is 0 Å². The molecule has 1 unspecified atom stereocenters. The van der Waals surface area contributed by atoms with Crippen LogP contribution in [0.2, 0.25) is 0 Å². The Morgan fingerprint density at radius 2 is 1.95 bits per heavy atom. The van der Waals surface area contributed by atoms with Crippen LogP contribution in [0, 0.1) is 6.92 Å². The molecule has 0 aromatic heterocycles. The van der Waals surface area contributed by atoms with Crippen molar-refractivity contribution in [3.05, 3.63) is 35.4 Å². The Kier molecular flexibility index (Phi) is 4.93. The molecule has 0 spiro atoms. The fraction of sp³-hybridized carbons (Fsp3) is 0.625. The van der Waals surface area contributed by atoms with E-state index in [0.29, 0.717) is 18.5 Å². The normalized spacial score (nSPS) is 25.7. The molecule has 106 valence electrons. The summed E-state index contributed by atoms with van der Waals surface area (Å²) in [5.41, 5.74) is 2.19. The highest BCUT2D eigenvalue weighted by atomic mass is 32.2. The molecule has 1 aliphatic rings. The summed E-state index contributed by atoms with van der Waals surface area (Å²) >= 11 is 1.69. The zero-order valence-electron chi connectivity index (χ0n) is 12.1. The van der Waals surface area contributed by atoms with Crippen molar-refractivity contribution in [3.63, 3.8) is 0 Å². The molecule has 1 atom stereocenters. The maximum atomic E-state index is 10.1. The third-order valence-corrected chi connectivity index (χ3v) is 4.82. The summed E-state index contributed by atoms with van der Waals surface area (Å²) < 4.78 is 0. The Labute approximate surface area is 121 Å². The lowest BCUT2D eigenvalue weighted by Crippen LogP contribution is -2.48. The van der Waals surface area contributed by atoms with Gasteiger partial charge in [-0.3, -0.25) is 0 Å². The lowest BCUT2D eigenvalue weighted by atomic mass is 9.75. The number of aliphatic hydroxyl groups is 1. The fourth-order valence-electron chi connectivity index (χ4n) is 2.62. The molecule has 1 aromatic rings. The van der Waals surface area contributed by atoms with Crippen molar-refractivity contribution in [1.29, 1.82) is 0 Å². The lowest BCUT2D eigenvalue weighted by Gasteiger charge is -2.38. The van der Waals surface area contributed by atoms with Crippen LogP contribution in [-0.4, -0.2) is 35.3 Å².